The monoisotopic (exact) mass is 283 g/mol. The number of hydrogen-bond donors (Lipinski definition) is 6. The molecular weight excluding hydrogens is 274 g/mol. The summed E-state index contributed by atoms with van der Waals surface area (Å²) in [5.74, 6) is 0. The summed E-state index contributed by atoms with van der Waals surface area (Å²) in [5.41, 5.74) is 8.07. The number of hydroxylamine groups is 2. The van der Waals surface area contributed by atoms with Crippen LogP contribution in [0.5, 0.6) is 0 Å². The van der Waals surface area contributed by atoms with Crippen molar-refractivity contribution in [3.05, 3.63) is 0 Å². The van der Waals surface area contributed by atoms with Crippen molar-refractivity contribution in [2.24, 2.45) is 0 Å². The second-order valence-electron chi connectivity index (χ2n) is 1.12. The Morgan fingerprint density at radius 2 is 1.15 bits per heavy atom. The number of halogens is 2. The minimum absolute atomic E-state index is 0.382. The van der Waals surface area contributed by atoms with Gasteiger partial charge in [-0.05, 0) is 0 Å². The van der Waals surface area contributed by atoms with Crippen molar-refractivity contribution in [3.8, 4) is 0 Å². The first kappa shape index (κ1) is 18.6. The normalized spacial score (nSPS) is 6.92. The molecule has 0 atom stereocenters. The molecule has 10 N–H and O–H groups in total. The van der Waals surface area contributed by atoms with Crippen LogP contribution in [0.1, 0.15) is 0 Å². The summed E-state index contributed by atoms with van der Waals surface area (Å²) in [4.78, 5) is 18.7. The molecule has 0 heterocycles. The fraction of sp³-hybridized carbons (Fsp3) is 0. The molecule has 0 aliphatic carbocycles. The first-order valence-corrected chi connectivity index (χ1v) is 5.18. The number of carbonyl (C=O) groups is 2. The van der Waals surface area contributed by atoms with E-state index in [0.29, 0.717) is 12.9 Å². The number of urea groups is 2. The Bertz CT molecular complexity index is 123. The maximum Gasteiger partial charge on any atom is 0.435 e. The van der Waals surface area contributed by atoms with Gasteiger partial charge in [-0.15, -0.1) is 0 Å². The molecule has 0 aromatic heterocycles. The van der Waals surface area contributed by atoms with Crippen LogP contribution in [0.4, 0.5) is 9.59 Å². The van der Waals surface area contributed by atoms with Crippen LogP contribution in [0.25, 0.3) is 0 Å². The summed E-state index contributed by atoms with van der Waals surface area (Å²) in [6.07, 6.45) is 0. The summed E-state index contributed by atoms with van der Waals surface area (Å²) in [7, 11) is 9.47. The fourth-order valence-electron chi connectivity index (χ4n) is 0. The Morgan fingerprint density at radius 3 is 1.15 bits per heavy atom. The molecular formula is C2H10Cl2CoN4O4+2. The molecule has 0 radical (unpaired) electrons. The molecule has 0 bridgehead atoms. The quantitative estimate of drug-likeness (QED) is 0.225. The van der Waals surface area contributed by atoms with Crippen molar-refractivity contribution < 1.29 is 44.4 Å². The topological polar surface area (TPSA) is 154 Å². The molecule has 0 saturated carbocycles. The maximum atomic E-state index is 9.34. The van der Waals surface area contributed by atoms with E-state index in [9.17, 15) is 9.59 Å². The van der Waals surface area contributed by atoms with E-state index in [4.69, 9.17) is 30.7 Å². The number of nitrogens with one attached hydrogen (secondary N) is 2. The van der Waals surface area contributed by atoms with Crippen LogP contribution in [0.15, 0.2) is 0 Å². The molecule has 83 valence electrons. The molecule has 0 aliphatic heterocycles. The molecule has 0 aliphatic rings. The van der Waals surface area contributed by atoms with E-state index in [1.807, 2.05) is 0 Å². The van der Waals surface area contributed by atoms with E-state index in [0.717, 1.165) is 0 Å². The van der Waals surface area contributed by atoms with E-state index in [2.05, 4.69) is 11.5 Å². The maximum absolute atomic E-state index is 9.34. The minimum atomic E-state index is -0.690. The van der Waals surface area contributed by atoms with Gasteiger partial charge in [-0.1, -0.05) is 0 Å². The Morgan fingerprint density at radius 1 is 1.08 bits per heavy atom. The zero-order valence-corrected chi connectivity index (χ0v) is 8.77. The number of amides is 4. The van der Waals surface area contributed by atoms with Gasteiger partial charge in [0.25, 0.3) is 0 Å². The van der Waals surface area contributed by atoms with Crippen molar-refractivity contribution in [2.75, 3.05) is 0 Å². The third kappa shape index (κ3) is 77.3. The molecule has 0 rings (SSSR count). The average molecular weight is 284 g/mol. The van der Waals surface area contributed by atoms with E-state index in [1.54, 1.807) is 0 Å². The van der Waals surface area contributed by atoms with Crippen LogP contribution in [0, 0.1) is 0 Å². The summed E-state index contributed by atoms with van der Waals surface area (Å²) in [6, 6.07) is -1.38. The predicted octanol–water partition coefficient (Wildman–Crippen LogP) is -1.97. The number of rotatable bonds is 0. The van der Waals surface area contributed by atoms with E-state index in [1.165, 1.54) is 11.0 Å². The molecule has 8 nitrogen and oxygen atoms in total. The smallest absolute Gasteiger partial charge is 0.284 e. The van der Waals surface area contributed by atoms with Crippen molar-refractivity contribution in [3.63, 3.8) is 0 Å². The van der Waals surface area contributed by atoms with Gasteiger partial charge in [-0.3, -0.25) is 21.9 Å². The molecule has 0 spiro atoms. The first-order valence-electron chi connectivity index (χ1n) is 2.31. The molecule has 0 fully saturated rings. The third-order valence-corrected chi connectivity index (χ3v) is 0.249. The van der Waals surface area contributed by atoms with Gasteiger partial charge in [0.05, 0.1) is 0 Å². The van der Waals surface area contributed by atoms with Gasteiger partial charge in [-0.2, -0.15) is 11.0 Å². The molecule has 0 aromatic carbocycles. The largest absolute Gasteiger partial charge is 0.435 e. The van der Waals surface area contributed by atoms with Gasteiger partial charge >= 0.3 is 45.2 Å². The second-order valence-corrected chi connectivity index (χ2v) is 2.84. The van der Waals surface area contributed by atoms with E-state index < -0.39 is 12.1 Å². The van der Waals surface area contributed by atoms with Gasteiger partial charge in [0, 0.05) is 0 Å². The van der Waals surface area contributed by atoms with Crippen LogP contribution >= 0.6 is 20.3 Å². The van der Waals surface area contributed by atoms with Gasteiger partial charge in [0.1, 0.15) is 0 Å². The first-order chi connectivity index (χ1) is 5.95. The summed E-state index contributed by atoms with van der Waals surface area (Å²) < 4.78 is 0. The van der Waals surface area contributed by atoms with E-state index in [-0.39, 0.29) is 0 Å². The molecule has 0 unspecified atom stereocenters. The SMILES string of the molecule is [Cl][Co][Cl].[NH3+]C(=O)NO.[NH3+]C(=O)NO. The van der Waals surface area contributed by atoms with Crippen molar-refractivity contribution in [1.82, 2.24) is 11.0 Å². The zero-order valence-electron chi connectivity index (χ0n) is 6.21. The Kier molecular flexibility index (Phi) is 25.5. The molecule has 11 heteroatoms. The Balaban J connectivity index is -0.000000120. The van der Waals surface area contributed by atoms with Gasteiger partial charge in [-0.25, -0.2) is 9.59 Å². The Labute approximate surface area is 87.9 Å². The standard InChI is InChI=1S/2CH4N2O2.2ClH.Co/c2*2-1(4)3-5;;;/h2*5H,(H3,2,3,4);2*1H;/q;;;;+2. The minimum Gasteiger partial charge on any atom is -0.284 e. The predicted molar refractivity (Wildman–Crippen MR) is 38.1 cm³/mol. The third-order valence-electron chi connectivity index (χ3n) is 0.249. The second kappa shape index (κ2) is 17.8. The van der Waals surface area contributed by atoms with Crippen LogP contribution in [-0.4, -0.2) is 22.5 Å². The molecule has 4 amide bonds. The number of hydrogen-bond acceptors (Lipinski definition) is 4. The zero-order chi connectivity index (χ0) is 11.3. The van der Waals surface area contributed by atoms with Gasteiger partial charge in [0.15, 0.2) is 0 Å². The van der Waals surface area contributed by atoms with Gasteiger partial charge < -0.3 is 0 Å². The molecule has 0 saturated heterocycles. The summed E-state index contributed by atoms with van der Waals surface area (Å²) >= 11 is 0.382. The van der Waals surface area contributed by atoms with Gasteiger partial charge in [0.2, 0.25) is 0 Å². The summed E-state index contributed by atoms with van der Waals surface area (Å²) in [6.45, 7) is 0. The number of quaternary nitrogens is 2. The summed E-state index contributed by atoms with van der Waals surface area (Å²) in [5, 5.41) is 15.0. The fourth-order valence-corrected chi connectivity index (χ4v) is 0. The van der Waals surface area contributed by atoms with E-state index >= 15 is 0 Å². The molecule has 0 aromatic rings. The molecule has 13 heavy (non-hydrogen) atoms. The van der Waals surface area contributed by atoms with Crippen molar-refractivity contribution in [2.45, 2.75) is 0 Å². The van der Waals surface area contributed by atoms with Crippen LogP contribution in [0.2, 0.25) is 0 Å². The van der Waals surface area contributed by atoms with Crippen LogP contribution in [0.3, 0.4) is 0 Å². The average Bonchev–Trinajstić information content (AvgIpc) is 2.07. The van der Waals surface area contributed by atoms with Crippen molar-refractivity contribution >= 4 is 32.4 Å². The van der Waals surface area contributed by atoms with Crippen LogP contribution in [-0.2, 0) is 12.9 Å². The van der Waals surface area contributed by atoms with Crippen molar-refractivity contribution in [1.29, 1.82) is 0 Å². The Hall–Kier alpha value is -0.134. The van der Waals surface area contributed by atoms with Crippen LogP contribution < -0.4 is 22.4 Å². The number of carbonyl (C=O) groups excluding carboxylic acids is 2.